The number of nitrogens with two attached hydrogens (primary N) is 1. The molecular weight excluding hydrogens is 236 g/mol. The number of anilines is 1. The van der Waals surface area contributed by atoms with Gasteiger partial charge < -0.3 is 15.1 Å². The molecule has 0 aliphatic carbocycles. The van der Waals surface area contributed by atoms with Crippen molar-refractivity contribution in [3.63, 3.8) is 0 Å². The maximum Gasteiger partial charge on any atom is 0.123 e. The molecule has 3 heteroatoms. The van der Waals surface area contributed by atoms with Gasteiger partial charge in [0.25, 0.3) is 0 Å². The molecule has 2 N–H and O–H groups in total. The fourth-order valence-corrected chi connectivity index (χ4v) is 2.20. The lowest BCUT2D eigenvalue weighted by atomic mass is 10.2. The van der Waals surface area contributed by atoms with Gasteiger partial charge in [-0.25, -0.2) is 0 Å². The van der Waals surface area contributed by atoms with Crippen LogP contribution in [0.3, 0.4) is 0 Å². The average Bonchev–Trinajstić information content (AvgIpc) is 2.77. The van der Waals surface area contributed by atoms with E-state index in [1.54, 1.807) is 0 Å². The van der Waals surface area contributed by atoms with Crippen LogP contribution >= 0.6 is 0 Å². The van der Waals surface area contributed by atoms with Gasteiger partial charge in [-0.2, -0.15) is 0 Å². The first-order valence-corrected chi connectivity index (χ1v) is 6.74. The summed E-state index contributed by atoms with van der Waals surface area (Å²) in [7, 11) is 0. The van der Waals surface area contributed by atoms with Crippen LogP contribution in [0, 0.1) is 13.8 Å². The van der Waals surface area contributed by atoms with Crippen LogP contribution in [0.15, 0.2) is 34.7 Å². The summed E-state index contributed by atoms with van der Waals surface area (Å²) >= 11 is 0. The van der Waals surface area contributed by atoms with E-state index in [2.05, 4.69) is 49.1 Å². The minimum absolute atomic E-state index is 0.461. The maximum absolute atomic E-state index is 5.77. The van der Waals surface area contributed by atoms with Gasteiger partial charge in [-0.1, -0.05) is 17.7 Å². The summed E-state index contributed by atoms with van der Waals surface area (Å²) in [6.45, 7) is 8.48. The van der Waals surface area contributed by atoms with Crippen LogP contribution in [0.5, 0.6) is 0 Å². The Morgan fingerprint density at radius 2 is 1.84 bits per heavy atom. The second kappa shape index (κ2) is 5.93. The molecular formula is C16H22N2O. The molecule has 0 fully saturated rings. The molecule has 1 aromatic heterocycles. The minimum Gasteiger partial charge on any atom is -0.463 e. The molecule has 19 heavy (non-hydrogen) atoms. The second-order valence-electron chi connectivity index (χ2n) is 4.87. The van der Waals surface area contributed by atoms with Crippen molar-refractivity contribution >= 4 is 5.69 Å². The molecule has 0 aliphatic heterocycles. The summed E-state index contributed by atoms with van der Waals surface area (Å²) in [6, 6.07) is 10.7. The fourth-order valence-electron chi connectivity index (χ4n) is 2.20. The van der Waals surface area contributed by atoms with Crippen molar-refractivity contribution in [2.24, 2.45) is 5.73 Å². The topological polar surface area (TPSA) is 42.4 Å². The molecule has 3 nitrogen and oxygen atoms in total. The average molecular weight is 258 g/mol. The molecule has 0 saturated heterocycles. The van der Waals surface area contributed by atoms with E-state index < -0.39 is 0 Å². The van der Waals surface area contributed by atoms with Crippen molar-refractivity contribution in [3.8, 4) is 0 Å². The van der Waals surface area contributed by atoms with Gasteiger partial charge >= 0.3 is 0 Å². The number of hydrogen-bond acceptors (Lipinski definition) is 3. The van der Waals surface area contributed by atoms with Crippen LogP contribution in [0.25, 0.3) is 0 Å². The Labute approximate surface area is 115 Å². The number of hydrogen-bond donors (Lipinski definition) is 1. The molecule has 0 atom stereocenters. The van der Waals surface area contributed by atoms with E-state index in [9.17, 15) is 0 Å². The van der Waals surface area contributed by atoms with Crippen molar-refractivity contribution in [2.75, 3.05) is 11.4 Å². The summed E-state index contributed by atoms with van der Waals surface area (Å²) in [5.41, 5.74) is 9.28. The molecule has 0 spiro atoms. The molecule has 0 radical (unpaired) electrons. The zero-order valence-electron chi connectivity index (χ0n) is 11.9. The Morgan fingerprint density at radius 1 is 1.16 bits per heavy atom. The lowest BCUT2D eigenvalue weighted by Gasteiger charge is -2.22. The van der Waals surface area contributed by atoms with Crippen molar-refractivity contribution in [3.05, 3.63) is 53.0 Å². The van der Waals surface area contributed by atoms with Crippen molar-refractivity contribution in [1.29, 1.82) is 0 Å². The molecule has 0 bridgehead atoms. The van der Waals surface area contributed by atoms with Gasteiger partial charge in [-0.3, -0.25) is 0 Å². The van der Waals surface area contributed by atoms with Crippen LogP contribution in [0.2, 0.25) is 0 Å². The van der Waals surface area contributed by atoms with Gasteiger partial charge in [0.2, 0.25) is 0 Å². The van der Waals surface area contributed by atoms with Gasteiger partial charge in [0, 0.05) is 12.2 Å². The lowest BCUT2D eigenvalue weighted by Crippen LogP contribution is -2.21. The number of rotatable bonds is 5. The van der Waals surface area contributed by atoms with Crippen LogP contribution < -0.4 is 10.6 Å². The molecule has 2 aromatic rings. The van der Waals surface area contributed by atoms with Gasteiger partial charge in [0.05, 0.1) is 13.1 Å². The molecule has 0 amide bonds. The largest absolute Gasteiger partial charge is 0.463 e. The number of benzene rings is 1. The third-order valence-corrected chi connectivity index (χ3v) is 3.38. The lowest BCUT2D eigenvalue weighted by molar-refractivity contribution is 0.461. The smallest absolute Gasteiger partial charge is 0.123 e. The van der Waals surface area contributed by atoms with Crippen LogP contribution in [0.4, 0.5) is 5.69 Å². The summed E-state index contributed by atoms with van der Waals surface area (Å²) < 4.78 is 5.77. The number of furan rings is 1. The van der Waals surface area contributed by atoms with E-state index in [4.69, 9.17) is 10.2 Å². The summed E-state index contributed by atoms with van der Waals surface area (Å²) in [5.74, 6) is 1.86. The molecule has 2 rings (SSSR count). The highest BCUT2D eigenvalue weighted by atomic mass is 16.3. The summed E-state index contributed by atoms with van der Waals surface area (Å²) in [6.07, 6.45) is 0. The Hall–Kier alpha value is -1.74. The highest BCUT2D eigenvalue weighted by Gasteiger charge is 2.10. The van der Waals surface area contributed by atoms with E-state index in [1.165, 1.54) is 11.3 Å². The maximum atomic E-state index is 5.77. The van der Waals surface area contributed by atoms with E-state index in [0.717, 1.165) is 30.2 Å². The zero-order valence-corrected chi connectivity index (χ0v) is 11.9. The SMILES string of the molecule is CCN(Cc1cc(C)c(CN)o1)c1ccc(C)cc1. The van der Waals surface area contributed by atoms with Crippen molar-refractivity contribution in [1.82, 2.24) is 0 Å². The second-order valence-corrected chi connectivity index (χ2v) is 4.87. The van der Waals surface area contributed by atoms with Crippen LogP contribution in [-0.2, 0) is 13.1 Å². The Kier molecular flexibility index (Phi) is 4.27. The predicted molar refractivity (Wildman–Crippen MR) is 79.2 cm³/mol. The van der Waals surface area contributed by atoms with E-state index in [0.29, 0.717) is 6.54 Å². The molecule has 1 aromatic carbocycles. The molecule has 0 unspecified atom stereocenters. The standard InChI is InChI=1S/C16H22N2O/c1-4-18(14-7-5-12(2)6-8-14)11-15-9-13(3)16(10-17)19-15/h5-9H,4,10-11,17H2,1-3H3. The Morgan fingerprint density at radius 3 is 2.37 bits per heavy atom. The van der Waals surface area contributed by atoms with Gasteiger partial charge in [-0.05, 0) is 44.5 Å². The summed E-state index contributed by atoms with van der Waals surface area (Å²) in [4.78, 5) is 2.29. The predicted octanol–water partition coefficient (Wildman–Crippen LogP) is 3.38. The van der Waals surface area contributed by atoms with Gasteiger partial charge in [0.15, 0.2) is 0 Å². The number of aryl methyl sites for hydroxylation is 2. The van der Waals surface area contributed by atoms with Crippen LogP contribution in [0.1, 0.15) is 29.6 Å². The Bertz CT molecular complexity index is 528. The third-order valence-electron chi connectivity index (χ3n) is 3.38. The fraction of sp³-hybridized carbons (Fsp3) is 0.375. The highest BCUT2D eigenvalue weighted by molar-refractivity contribution is 5.47. The first-order chi connectivity index (χ1) is 9.13. The first kappa shape index (κ1) is 13.7. The van der Waals surface area contributed by atoms with E-state index in [1.807, 2.05) is 6.92 Å². The molecule has 1 heterocycles. The van der Waals surface area contributed by atoms with Gasteiger partial charge in [-0.15, -0.1) is 0 Å². The third kappa shape index (κ3) is 3.18. The van der Waals surface area contributed by atoms with E-state index in [-0.39, 0.29) is 0 Å². The monoisotopic (exact) mass is 258 g/mol. The van der Waals surface area contributed by atoms with Crippen molar-refractivity contribution < 1.29 is 4.42 Å². The molecule has 102 valence electrons. The minimum atomic E-state index is 0.461. The Balaban J connectivity index is 2.16. The first-order valence-electron chi connectivity index (χ1n) is 6.74. The highest BCUT2D eigenvalue weighted by Crippen LogP contribution is 2.20. The van der Waals surface area contributed by atoms with E-state index >= 15 is 0 Å². The van der Waals surface area contributed by atoms with Crippen LogP contribution in [-0.4, -0.2) is 6.54 Å². The summed E-state index contributed by atoms with van der Waals surface area (Å²) in [5, 5.41) is 0. The molecule has 0 saturated carbocycles. The zero-order chi connectivity index (χ0) is 13.8. The van der Waals surface area contributed by atoms with Gasteiger partial charge in [0.1, 0.15) is 11.5 Å². The normalized spacial score (nSPS) is 10.7. The molecule has 0 aliphatic rings. The van der Waals surface area contributed by atoms with Crippen molar-refractivity contribution in [2.45, 2.75) is 33.9 Å². The number of nitrogens with zero attached hydrogens (tertiary/aromatic N) is 1. The quantitative estimate of drug-likeness (QED) is 0.894.